The highest BCUT2D eigenvalue weighted by molar-refractivity contribution is 5.80. The zero-order chi connectivity index (χ0) is 15.9. The molecule has 0 aromatic heterocycles. The van der Waals surface area contributed by atoms with E-state index in [-0.39, 0.29) is 0 Å². The van der Waals surface area contributed by atoms with Gasteiger partial charge in [0.05, 0.1) is 0 Å². The van der Waals surface area contributed by atoms with Crippen LogP contribution in [0.2, 0.25) is 0 Å². The largest absolute Gasteiger partial charge is 0.317 e. The average Bonchev–Trinajstić information content (AvgIpc) is 2.81. The highest BCUT2D eigenvalue weighted by Crippen LogP contribution is 2.18. The van der Waals surface area contributed by atoms with E-state index in [2.05, 4.69) is 11.9 Å². The number of ketones is 1. The van der Waals surface area contributed by atoms with Crippen molar-refractivity contribution in [2.24, 2.45) is 5.92 Å². The molecule has 0 spiro atoms. The Balaban J connectivity index is 1.86. The molecular formula is C20H37NO. The summed E-state index contributed by atoms with van der Waals surface area (Å²) in [4.78, 5) is 12.2. The number of allylic oxidation sites excluding steroid dienone is 1. The van der Waals surface area contributed by atoms with Gasteiger partial charge in [-0.2, -0.15) is 0 Å². The van der Waals surface area contributed by atoms with Crippen LogP contribution in [0.1, 0.15) is 89.9 Å². The van der Waals surface area contributed by atoms with Crippen molar-refractivity contribution in [2.75, 3.05) is 13.1 Å². The summed E-state index contributed by atoms with van der Waals surface area (Å²) in [6.07, 6.45) is 19.2. The molecule has 2 nitrogen and oxygen atoms in total. The summed E-state index contributed by atoms with van der Waals surface area (Å²) in [6.45, 7) is 5.88. The summed E-state index contributed by atoms with van der Waals surface area (Å²) in [5, 5.41) is 3.39. The Morgan fingerprint density at radius 3 is 2.23 bits per heavy atom. The fourth-order valence-corrected chi connectivity index (χ4v) is 3.37. The van der Waals surface area contributed by atoms with Crippen LogP contribution >= 0.6 is 0 Å². The van der Waals surface area contributed by atoms with Crippen LogP contribution in [0.5, 0.6) is 0 Å². The quantitative estimate of drug-likeness (QED) is 0.363. The number of unbranched alkanes of at least 4 members (excludes halogenated alkanes) is 9. The molecule has 0 amide bonds. The highest BCUT2D eigenvalue weighted by atomic mass is 16.1. The van der Waals surface area contributed by atoms with Gasteiger partial charge in [-0.25, -0.2) is 0 Å². The van der Waals surface area contributed by atoms with Crippen molar-refractivity contribution in [1.82, 2.24) is 5.32 Å². The Labute approximate surface area is 138 Å². The summed E-state index contributed by atoms with van der Waals surface area (Å²) in [5.74, 6) is 0.886. The molecule has 1 heterocycles. The first-order chi connectivity index (χ1) is 10.8. The SMILES string of the molecule is C=CCCCCCCCCCCCC(=O)C1CCCNCC1. The highest BCUT2D eigenvalue weighted by Gasteiger charge is 2.18. The van der Waals surface area contributed by atoms with Crippen molar-refractivity contribution in [3.63, 3.8) is 0 Å². The van der Waals surface area contributed by atoms with Crippen LogP contribution in [0, 0.1) is 5.92 Å². The average molecular weight is 308 g/mol. The third kappa shape index (κ3) is 10.2. The van der Waals surface area contributed by atoms with E-state index in [1.165, 1.54) is 64.2 Å². The van der Waals surface area contributed by atoms with Crippen LogP contribution in [-0.2, 0) is 4.79 Å². The molecule has 1 atom stereocenters. The predicted molar refractivity (Wildman–Crippen MR) is 96.2 cm³/mol. The van der Waals surface area contributed by atoms with Gasteiger partial charge in [0.15, 0.2) is 0 Å². The van der Waals surface area contributed by atoms with Crippen LogP contribution in [-0.4, -0.2) is 18.9 Å². The van der Waals surface area contributed by atoms with Crippen LogP contribution < -0.4 is 5.32 Å². The maximum atomic E-state index is 12.2. The van der Waals surface area contributed by atoms with E-state index in [0.717, 1.165) is 38.8 Å². The molecule has 1 rings (SSSR count). The third-order valence-electron chi connectivity index (χ3n) is 4.86. The molecule has 1 saturated heterocycles. The predicted octanol–water partition coefficient (Wildman–Crippen LogP) is 5.42. The second-order valence-corrected chi connectivity index (χ2v) is 6.85. The standard InChI is InChI=1S/C20H37NO/c1-2-3-4-5-6-7-8-9-10-11-12-15-20(22)19-14-13-17-21-18-16-19/h2,19,21H,1,3-18H2. The molecule has 1 N–H and O–H groups in total. The molecule has 1 aliphatic heterocycles. The molecule has 0 radical (unpaired) electrons. The fourth-order valence-electron chi connectivity index (χ4n) is 3.37. The van der Waals surface area contributed by atoms with Gasteiger partial charge in [-0.15, -0.1) is 6.58 Å². The lowest BCUT2D eigenvalue weighted by molar-refractivity contribution is -0.123. The van der Waals surface area contributed by atoms with E-state index in [1.54, 1.807) is 0 Å². The van der Waals surface area contributed by atoms with E-state index in [1.807, 2.05) is 6.08 Å². The van der Waals surface area contributed by atoms with Gasteiger partial charge in [0.2, 0.25) is 0 Å². The van der Waals surface area contributed by atoms with E-state index >= 15 is 0 Å². The molecule has 2 heteroatoms. The van der Waals surface area contributed by atoms with E-state index in [9.17, 15) is 4.79 Å². The van der Waals surface area contributed by atoms with E-state index < -0.39 is 0 Å². The first-order valence-corrected chi connectivity index (χ1v) is 9.69. The molecule has 128 valence electrons. The Morgan fingerprint density at radius 1 is 0.909 bits per heavy atom. The smallest absolute Gasteiger partial charge is 0.136 e. The lowest BCUT2D eigenvalue weighted by atomic mass is 9.92. The minimum atomic E-state index is 0.352. The minimum absolute atomic E-state index is 0.352. The van der Waals surface area contributed by atoms with Gasteiger partial charge in [-0.05, 0) is 51.6 Å². The molecule has 22 heavy (non-hydrogen) atoms. The van der Waals surface area contributed by atoms with Crippen LogP contribution in [0.25, 0.3) is 0 Å². The van der Waals surface area contributed by atoms with Crippen molar-refractivity contribution < 1.29 is 4.79 Å². The molecule has 1 aliphatic rings. The van der Waals surface area contributed by atoms with Gasteiger partial charge in [0.1, 0.15) is 5.78 Å². The summed E-state index contributed by atoms with van der Waals surface area (Å²) >= 11 is 0. The minimum Gasteiger partial charge on any atom is -0.317 e. The molecule has 1 fully saturated rings. The van der Waals surface area contributed by atoms with Gasteiger partial charge < -0.3 is 5.32 Å². The number of hydrogen-bond acceptors (Lipinski definition) is 2. The first-order valence-electron chi connectivity index (χ1n) is 9.69. The molecule has 0 saturated carbocycles. The number of carbonyl (C=O) groups is 1. The second kappa shape index (κ2) is 14.0. The van der Waals surface area contributed by atoms with Gasteiger partial charge in [-0.1, -0.05) is 51.0 Å². The van der Waals surface area contributed by atoms with Crippen molar-refractivity contribution in [3.05, 3.63) is 12.7 Å². The van der Waals surface area contributed by atoms with Gasteiger partial charge in [0, 0.05) is 12.3 Å². The van der Waals surface area contributed by atoms with Gasteiger partial charge in [0.25, 0.3) is 0 Å². The second-order valence-electron chi connectivity index (χ2n) is 6.85. The summed E-state index contributed by atoms with van der Waals surface area (Å²) in [5.41, 5.74) is 0. The summed E-state index contributed by atoms with van der Waals surface area (Å²) in [7, 11) is 0. The zero-order valence-electron chi connectivity index (χ0n) is 14.6. The normalized spacial score (nSPS) is 18.8. The number of rotatable bonds is 13. The zero-order valence-corrected chi connectivity index (χ0v) is 14.6. The van der Waals surface area contributed by atoms with Crippen molar-refractivity contribution >= 4 is 5.78 Å². The third-order valence-corrected chi connectivity index (χ3v) is 4.86. The van der Waals surface area contributed by atoms with Gasteiger partial charge >= 0.3 is 0 Å². The van der Waals surface area contributed by atoms with Crippen LogP contribution in [0.4, 0.5) is 0 Å². The maximum Gasteiger partial charge on any atom is 0.136 e. The molecule has 1 unspecified atom stereocenters. The molecular weight excluding hydrogens is 270 g/mol. The monoisotopic (exact) mass is 307 g/mol. The Bertz CT molecular complexity index is 279. The number of carbonyl (C=O) groups excluding carboxylic acids is 1. The van der Waals surface area contributed by atoms with Crippen molar-refractivity contribution in [3.8, 4) is 0 Å². The topological polar surface area (TPSA) is 29.1 Å². The van der Waals surface area contributed by atoms with Crippen molar-refractivity contribution in [1.29, 1.82) is 0 Å². The number of Topliss-reactive ketones (excluding diaryl/α,β-unsaturated/α-hetero) is 1. The number of nitrogens with one attached hydrogen (secondary N) is 1. The molecule has 0 aromatic carbocycles. The van der Waals surface area contributed by atoms with Crippen molar-refractivity contribution in [2.45, 2.75) is 89.9 Å². The molecule has 0 bridgehead atoms. The lowest BCUT2D eigenvalue weighted by Crippen LogP contribution is -2.17. The molecule has 0 aliphatic carbocycles. The van der Waals surface area contributed by atoms with Gasteiger partial charge in [-0.3, -0.25) is 4.79 Å². The first kappa shape index (κ1) is 19.4. The van der Waals surface area contributed by atoms with E-state index in [0.29, 0.717) is 11.7 Å². The fraction of sp³-hybridized carbons (Fsp3) is 0.850. The lowest BCUT2D eigenvalue weighted by Gasteiger charge is -2.12. The van der Waals surface area contributed by atoms with Crippen LogP contribution in [0.3, 0.4) is 0 Å². The summed E-state index contributed by atoms with van der Waals surface area (Å²) in [6, 6.07) is 0. The molecule has 0 aromatic rings. The Kier molecular flexibility index (Phi) is 12.4. The summed E-state index contributed by atoms with van der Waals surface area (Å²) < 4.78 is 0. The Morgan fingerprint density at radius 2 is 1.55 bits per heavy atom. The van der Waals surface area contributed by atoms with Crippen LogP contribution in [0.15, 0.2) is 12.7 Å². The maximum absolute atomic E-state index is 12.2. The number of hydrogen-bond donors (Lipinski definition) is 1. The van der Waals surface area contributed by atoms with E-state index in [4.69, 9.17) is 0 Å². The Hall–Kier alpha value is -0.630.